The van der Waals surface area contributed by atoms with Crippen molar-refractivity contribution < 1.29 is 4.39 Å². The standard InChI is InChI=1S/C17H21FN4/c18-13-7-5-12(6-8-13)16-17(20-14-3-1-2-4-14)22-10-9-19-11-15(22)21-16/h5-8,14,19-20H,1-4,9-11H2. The fraction of sp³-hybridized carbons (Fsp3) is 0.471. The van der Waals surface area contributed by atoms with E-state index in [2.05, 4.69) is 15.2 Å². The summed E-state index contributed by atoms with van der Waals surface area (Å²) in [5, 5.41) is 7.07. The average Bonchev–Trinajstić information content (AvgIpc) is 3.17. The van der Waals surface area contributed by atoms with Crippen LogP contribution >= 0.6 is 0 Å². The normalized spacial score (nSPS) is 18.4. The second kappa shape index (κ2) is 5.72. The van der Waals surface area contributed by atoms with Crippen LogP contribution in [0.5, 0.6) is 0 Å². The molecule has 22 heavy (non-hydrogen) atoms. The van der Waals surface area contributed by atoms with Gasteiger partial charge in [-0.2, -0.15) is 0 Å². The van der Waals surface area contributed by atoms with Gasteiger partial charge in [-0.05, 0) is 37.1 Å². The number of nitrogens with one attached hydrogen (secondary N) is 2. The number of anilines is 1. The Hall–Kier alpha value is -1.88. The van der Waals surface area contributed by atoms with Gasteiger partial charge in [0.05, 0.1) is 6.54 Å². The molecule has 4 nitrogen and oxygen atoms in total. The molecule has 1 aliphatic carbocycles. The highest BCUT2D eigenvalue weighted by molar-refractivity contribution is 5.73. The maximum Gasteiger partial charge on any atom is 0.134 e. The molecule has 2 aromatic rings. The Morgan fingerprint density at radius 3 is 2.73 bits per heavy atom. The third-order valence-electron chi connectivity index (χ3n) is 4.66. The highest BCUT2D eigenvalue weighted by Crippen LogP contribution is 2.32. The molecule has 0 atom stereocenters. The first kappa shape index (κ1) is 13.8. The van der Waals surface area contributed by atoms with Gasteiger partial charge in [0, 0.05) is 24.7 Å². The van der Waals surface area contributed by atoms with Crippen molar-refractivity contribution >= 4 is 5.82 Å². The first-order chi connectivity index (χ1) is 10.8. The molecule has 1 aromatic carbocycles. The molecule has 2 aliphatic rings. The van der Waals surface area contributed by atoms with E-state index in [0.29, 0.717) is 6.04 Å². The molecule has 1 aliphatic heterocycles. The van der Waals surface area contributed by atoms with Gasteiger partial charge >= 0.3 is 0 Å². The maximum absolute atomic E-state index is 13.2. The van der Waals surface area contributed by atoms with Gasteiger partial charge in [-0.3, -0.25) is 0 Å². The van der Waals surface area contributed by atoms with Crippen molar-refractivity contribution in [1.29, 1.82) is 0 Å². The van der Waals surface area contributed by atoms with Crippen molar-refractivity contribution in [3.8, 4) is 11.3 Å². The molecule has 0 bridgehead atoms. The average molecular weight is 300 g/mol. The first-order valence-electron chi connectivity index (χ1n) is 8.14. The zero-order valence-corrected chi connectivity index (χ0v) is 12.6. The van der Waals surface area contributed by atoms with Gasteiger partial charge in [-0.25, -0.2) is 9.37 Å². The SMILES string of the molecule is Fc1ccc(-c2nc3n(c2NC2CCCC2)CCNC3)cc1. The maximum atomic E-state index is 13.2. The molecule has 0 saturated heterocycles. The molecule has 1 fully saturated rings. The van der Waals surface area contributed by atoms with Crippen molar-refractivity contribution in [3.05, 3.63) is 35.9 Å². The molecule has 0 radical (unpaired) electrons. The molecule has 4 rings (SSSR count). The third kappa shape index (κ3) is 2.50. The van der Waals surface area contributed by atoms with Gasteiger partial charge in [0.2, 0.25) is 0 Å². The van der Waals surface area contributed by atoms with Crippen molar-refractivity contribution in [3.63, 3.8) is 0 Å². The Kier molecular flexibility index (Phi) is 3.58. The van der Waals surface area contributed by atoms with E-state index in [-0.39, 0.29) is 5.82 Å². The second-order valence-electron chi connectivity index (χ2n) is 6.19. The molecule has 0 spiro atoms. The van der Waals surface area contributed by atoms with Crippen molar-refractivity contribution in [2.24, 2.45) is 0 Å². The van der Waals surface area contributed by atoms with Crippen LogP contribution in [-0.2, 0) is 13.1 Å². The molecule has 2 heterocycles. The minimum Gasteiger partial charge on any atom is -0.367 e. The van der Waals surface area contributed by atoms with Gasteiger partial charge in [-0.15, -0.1) is 0 Å². The van der Waals surface area contributed by atoms with E-state index >= 15 is 0 Å². The fourth-order valence-electron chi connectivity index (χ4n) is 3.48. The van der Waals surface area contributed by atoms with E-state index in [1.54, 1.807) is 0 Å². The van der Waals surface area contributed by atoms with Crippen LogP contribution < -0.4 is 10.6 Å². The molecule has 2 N–H and O–H groups in total. The van der Waals surface area contributed by atoms with E-state index in [4.69, 9.17) is 4.98 Å². The van der Waals surface area contributed by atoms with Crippen LogP contribution in [0.15, 0.2) is 24.3 Å². The van der Waals surface area contributed by atoms with Gasteiger partial charge in [-0.1, -0.05) is 12.8 Å². The van der Waals surface area contributed by atoms with E-state index < -0.39 is 0 Å². The molecule has 0 amide bonds. The van der Waals surface area contributed by atoms with Gasteiger partial charge in [0.1, 0.15) is 23.2 Å². The van der Waals surface area contributed by atoms with Crippen LogP contribution in [0, 0.1) is 5.82 Å². The largest absolute Gasteiger partial charge is 0.367 e. The van der Waals surface area contributed by atoms with Crippen LogP contribution in [0.3, 0.4) is 0 Å². The summed E-state index contributed by atoms with van der Waals surface area (Å²) >= 11 is 0. The molecule has 116 valence electrons. The van der Waals surface area contributed by atoms with E-state index in [1.165, 1.54) is 37.8 Å². The van der Waals surface area contributed by atoms with Crippen LogP contribution in [0.25, 0.3) is 11.3 Å². The second-order valence-corrected chi connectivity index (χ2v) is 6.19. The van der Waals surface area contributed by atoms with Gasteiger partial charge in [0.15, 0.2) is 0 Å². The lowest BCUT2D eigenvalue weighted by Gasteiger charge is -2.21. The summed E-state index contributed by atoms with van der Waals surface area (Å²) in [5.41, 5.74) is 1.93. The summed E-state index contributed by atoms with van der Waals surface area (Å²) in [6.07, 6.45) is 5.04. The fourth-order valence-corrected chi connectivity index (χ4v) is 3.48. The Morgan fingerprint density at radius 2 is 1.95 bits per heavy atom. The molecular weight excluding hydrogens is 279 g/mol. The minimum atomic E-state index is -0.209. The number of halogens is 1. The van der Waals surface area contributed by atoms with Crippen molar-refractivity contribution in [2.45, 2.75) is 44.8 Å². The lowest BCUT2D eigenvalue weighted by molar-refractivity contribution is 0.506. The summed E-state index contributed by atoms with van der Waals surface area (Å²) in [5.74, 6) is 1.96. The summed E-state index contributed by atoms with van der Waals surface area (Å²) < 4.78 is 15.5. The highest BCUT2D eigenvalue weighted by Gasteiger charge is 2.24. The van der Waals surface area contributed by atoms with Crippen molar-refractivity contribution in [1.82, 2.24) is 14.9 Å². The Morgan fingerprint density at radius 1 is 1.18 bits per heavy atom. The predicted octanol–water partition coefficient (Wildman–Crippen LogP) is 3.15. The summed E-state index contributed by atoms with van der Waals surface area (Å²) in [7, 11) is 0. The zero-order valence-electron chi connectivity index (χ0n) is 12.6. The number of imidazole rings is 1. The Labute approximate surface area is 129 Å². The minimum absolute atomic E-state index is 0.209. The number of fused-ring (bicyclic) bond motifs is 1. The monoisotopic (exact) mass is 300 g/mol. The lowest BCUT2D eigenvalue weighted by Crippen LogP contribution is -2.29. The van der Waals surface area contributed by atoms with E-state index in [9.17, 15) is 4.39 Å². The topological polar surface area (TPSA) is 41.9 Å². The van der Waals surface area contributed by atoms with E-state index in [0.717, 1.165) is 42.5 Å². The van der Waals surface area contributed by atoms with Crippen LogP contribution in [-0.4, -0.2) is 22.1 Å². The number of nitrogens with zero attached hydrogens (tertiary/aromatic N) is 2. The summed E-state index contributed by atoms with van der Waals surface area (Å²) in [6.45, 7) is 2.69. The molecule has 1 aromatic heterocycles. The van der Waals surface area contributed by atoms with Gasteiger partial charge in [0.25, 0.3) is 0 Å². The molecule has 0 unspecified atom stereocenters. The van der Waals surface area contributed by atoms with Crippen LogP contribution in [0.1, 0.15) is 31.5 Å². The zero-order chi connectivity index (χ0) is 14.9. The molecule has 1 saturated carbocycles. The number of hydrogen-bond donors (Lipinski definition) is 2. The van der Waals surface area contributed by atoms with Crippen LogP contribution in [0.2, 0.25) is 0 Å². The van der Waals surface area contributed by atoms with Gasteiger partial charge < -0.3 is 15.2 Å². The smallest absolute Gasteiger partial charge is 0.134 e. The van der Waals surface area contributed by atoms with Crippen molar-refractivity contribution in [2.75, 3.05) is 11.9 Å². The lowest BCUT2D eigenvalue weighted by atomic mass is 10.1. The molecular formula is C17H21FN4. The molecule has 5 heteroatoms. The number of rotatable bonds is 3. The highest BCUT2D eigenvalue weighted by atomic mass is 19.1. The Balaban J connectivity index is 1.75. The predicted molar refractivity (Wildman–Crippen MR) is 85.2 cm³/mol. The third-order valence-corrected chi connectivity index (χ3v) is 4.66. The Bertz CT molecular complexity index is 656. The van der Waals surface area contributed by atoms with E-state index in [1.807, 2.05) is 12.1 Å². The summed E-state index contributed by atoms with van der Waals surface area (Å²) in [6, 6.07) is 7.18. The van der Waals surface area contributed by atoms with Crippen LogP contribution in [0.4, 0.5) is 10.2 Å². The number of aromatic nitrogens is 2. The first-order valence-corrected chi connectivity index (χ1v) is 8.14. The number of hydrogen-bond acceptors (Lipinski definition) is 3. The number of benzene rings is 1. The quantitative estimate of drug-likeness (QED) is 0.915. The summed E-state index contributed by atoms with van der Waals surface area (Å²) in [4.78, 5) is 4.81.